The van der Waals surface area contributed by atoms with Crippen molar-refractivity contribution in [2.24, 2.45) is 0 Å². The molecule has 0 aliphatic heterocycles. The molecule has 0 fully saturated rings. The molecule has 92 valence electrons. The SMILES string of the molecule is CCCn1ncc(Br)c1C(C)CC(C)NC. The van der Waals surface area contributed by atoms with Gasteiger partial charge >= 0.3 is 0 Å². The molecule has 2 atom stereocenters. The summed E-state index contributed by atoms with van der Waals surface area (Å²) in [7, 11) is 2.01. The highest BCUT2D eigenvalue weighted by molar-refractivity contribution is 9.10. The van der Waals surface area contributed by atoms with E-state index in [1.54, 1.807) is 0 Å². The Morgan fingerprint density at radius 1 is 1.50 bits per heavy atom. The molecule has 0 aromatic carbocycles. The van der Waals surface area contributed by atoms with Crippen molar-refractivity contribution in [2.45, 2.75) is 52.1 Å². The summed E-state index contributed by atoms with van der Waals surface area (Å²) < 4.78 is 3.26. The Bertz CT molecular complexity index is 322. The monoisotopic (exact) mass is 287 g/mol. The van der Waals surface area contributed by atoms with Gasteiger partial charge in [-0.1, -0.05) is 13.8 Å². The molecule has 0 aliphatic rings. The maximum atomic E-state index is 4.41. The Hall–Kier alpha value is -0.350. The van der Waals surface area contributed by atoms with Gasteiger partial charge in [0.1, 0.15) is 0 Å². The van der Waals surface area contributed by atoms with Gasteiger partial charge in [0.05, 0.1) is 16.4 Å². The van der Waals surface area contributed by atoms with Crippen LogP contribution >= 0.6 is 15.9 Å². The Morgan fingerprint density at radius 3 is 2.75 bits per heavy atom. The van der Waals surface area contributed by atoms with Crippen molar-refractivity contribution >= 4 is 15.9 Å². The zero-order valence-corrected chi connectivity index (χ0v) is 12.2. The second-order valence-corrected chi connectivity index (χ2v) is 5.28. The molecule has 0 spiro atoms. The molecule has 0 saturated heterocycles. The third-order valence-corrected chi connectivity index (χ3v) is 3.55. The number of aryl methyl sites for hydroxylation is 1. The molecule has 16 heavy (non-hydrogen) atoms. The van der Waals surface area contributed by atoms with Gasteiger partial charge in [0.2, 0.25) is 0 Å². The minimum atomic E-state index is 0.519. The first-order valence-corrected chi connectivity index (χ1v) is 6.77. The van der Waals surface area contributed by atoms with Crippen LogP contribution < -0.4 is 5.32 Å². The first kappa shape index (κ1) is 13.7. The van der Waals surface area contributed by atoms with Crippen molar-refractivity contribution in [2.75, 3.05) is 7.05 Å². The van der Waals surface area contributed by atoms with Crippen molar-refractivity contribution in [1.82, 2.24) is 15.1 Å². The van der Waals surface area contributed by atoms with Crippen LogP contribution in [0.15, 0.2) is 10.7 Å². The molecule has 3 nitrogen and oxygen atoms in total. The summed E-state index contributed by atoms with van der Waals surface area (Å²) in [5.41, 5.74) is 1.32. The highest BCUT2D eigenvalue weighted by Crippen LogP contribution is 2.28. The average molecular weight is 288 g/mol. The molecular formula is C12H22BrN3. The fourth-order valence-electron chi connectivity index (χ4n) is 2.01. The van der Waals surface area contributed by atoms with E-state index in [0.717, 1.165) is 23.9 Å². The Labute approximate surface area is 107 Å². The molecule has 0 bridgehead atoms. The number of rotatable bonds is 6. The van der Waals surface area contributed by atoms with Gasteiger partial charge in [-0.05, 0) is 42.7 Å². The molecule has 0 amide bonds. The quantitative estimate of drug-likeness (QED) is 0.871. The summed E-state index contributed by atoms with van der Waals surface area (Å²) in [6.45, 7) is 7.66. The van der Waals surface area contributed by atoms with E-state index in [-0.39, 0.29) is 0 Å². The fourth-order valence-corrected chi connectivity index (χ4v) is 2.70. The first-order chi connectivity index (χ1) is 7.60. The van der Waals surface area contributed by atoms with Crippen molar-refractivity contribution < 1.29 is 0 Å². The lowest BCUT2D eigenvalue weighted by atomic mass is 9.99. The van der Waals surface area contributed by atoms with Crippen LogP contribution in [0, 0.1) is 0 Å². The summed E-state index contributed by atoms with van der Waals surface area (Å²) in [6.07, 6.45) is 4.16. The molecule has 1 heterocycles. The van der Waals surface area contributed by atoms with E-state index in [1.807, 2.05) is 13.2 Å². The van der Waals surface area contributed by atoms with Crippen LogP contribution in [0.5, 0.6) is 0 Å². The van der Waals surface area contributed by atoms with E-state index in [9.17, 15) is 0 Å². The lowest BCUT2D eigenvalue weighted by Gasteiger charge is -2.18. The molecule has 1 aromatic rings. The number of nitrogens with zero attached hydrogens (tertiary/aromatic N) is 2. The van der Waals surface area contributed by atoms with Crippen molar-refractivity contribution in [3.63, 3.8) is 0 Å². The van der Waals surface area contributed by atoms with Crippen LogP contribution in [-0.4, -0.2) is 22.9 Å². The predicted molar refractivity (Wildman–Crippen MR) is 71.8 cm³/mol. The van der Waals surface area contributed by atoms with Crippen molar-refractivity contribution in [1.29, 1.82) is 0 Å². The van der Waals surface area contributed by atoms with E-state index >= 15 is 0 Å². The molecular weight excluding hydrogens is 266 g/mol. The van der Waals surface area contributed by atoms with Gasteiger partial charge in [-0.3, -0.25) is 4.68 Å². The van der Waals surface area contributed by atoms with Crippen LogP contribution in [-0.2, 0) is 6.54 Å². The van der Waals surface area contributed by atoms with Crippen LogP contribution in [0.2, 0.25) is 0 Å². The van der Waals surface area contributed by atoms with Gasteiger partial charge < -0.3 is 5.32 Å². The van der Waals surface area contributed by atoms with E-state index in [2.05, 4.69) is 51.8 Å². The zero-order valence-electron chi connectivity index (χ0n) is 10.6. The number of halogens is 1. The third kappa shape index (κ3) is 3.32. The lowest BCUT2D eigenvalue weighted by molar-refractivity contribution is 0.476. The van der Waals surface area contributed by atoms with Gasteiger partial charge in [-0.2, -0.15) is 5.10 Å². The summed E-state index contributed by atoms with van der Waals surface area (Å²) >= 11 is 3.60. The minimum Gasteiger partial charge on any atom is -0.317 e. The fraction of sp³-hybridized carbons (Fsp3) is 0.750. The number of hydrogen-bond donors (Lipinski definition) is 1. The van der Waals surface area contributed by atoms with Gasteiger partial charge in [-0.25, -0.2) is 0 Å². The second kappa shape index (κ2) is 6.40. The smallest absolute Gasteiger partial charge is 0.0635 e. The molecule has 2 unspecified atom stereocenters. The van der Waals surface area contributed by atoms with E-state index in [4.69, 9.17) is 0 Å². The number of hydrogen-bond acceptors (Lipinski definition) is 2. The van der Waals surface area contributed by atoms with Crippen molar-refractivity contribution in [3.8, 4) is 0 Å². The largest absolute Gasteiger partial charge is 0.317 e. The second-order valence-electron chi connectivity index (χ2n) is 4.43. The topological polar surface area (TPSA) is 29.9 Å². The normalized spacial score (nSPS) is 15.1. The van der Waals surface area contributed by atoms with Gasteiger partial charge in [0, 0.05) is 18.5 Å². The Balaban J connectivity index is 2.80. The zero-order chi connectivity index (χ0) is 12.1. The van der Waals surface area contributed by atoms with Crippen molar-refractivity contribution in [3.05, 3.63) is 16.4 Å². The molecule has 1 N–H and O–H groups in total. The minimum absolute atomic E-state index is 0.519. The highest BCUT2D eigenvalue weighted by atomic mass is 79.9. The van der Waals surface area contributed by atoms with Gasteiger partial charge in [-0.15, -0.1) is 0 Å². The summed E-state index contributed by atoms with van der Waals surface area (Å²) in [5.74, 6) is 0.519. The summed E-state index contributed by atoms with van der Waals surface area (Å²) in [4.78, 5) is 0. The van der Waals surface area contributed by atoms with Gasteiger partial charge in [0.15, 0.2) is 0 Å². The van der Waals surface area contributed by atoms with Crippen LogP contribution in [0.25, 0.3) is 0 Å². The Kier molecular flexibility index (Phi) is 5.49. The maximum Gasteiger partial charge on any atom is 0.0635 e. The summed E-state index contributed by atoms with van der Waals surface area (Å²) in [6, 6.07) is 0.534. The highest BCUT2D eigenvalue weighted by Gasteiger charge is 2.17. The summed E-state index contributed by atoms with van der Waals surface area (Å²) in [5, 5.41) is 7.69. The lowest BCUT2D eigenvalue weighted by Crippen LogP contribution is -2.24. The van der Waals surface area contributed by atoms with E-state index in [1.165, 1.54) is 5.69 Å². The van der Waals surface area contributed by atoms with E-state index in [0.29, 0.717) is 12.0 Å². The molecule has 4 heteroatoms. The molecule has 1 aromatic heterocycles. The predicted octanol–water partition coefficient (Wildman–Crippen LogP) is 3.16. The number of aromatic nitrogens is 2. The van der Waals surface area contributed by atoms with Crippen LogP contribution in [0.4, 0.5) is 0 Å². The van der Waals surface area contributed by atoms with Gasteiger partial charge in [0.25, 0.3) is 0 Å². The molecule has 0 radical (unpaired) electrons. The number of nitrogens with one attached hydrogen (secondary N) is 1. The van der Waals surface area contributed by atoms with Crippen LogP contribution in [0.1, 0.15) is 45.2 Å². The first-order valence-electron chi connectivity index (χ1n) is 5.98. The molecule has 1 rings (SSSR count). The maximum absolute atomic E-state index is 4.41. The molecule has 0 saturated carbocycles. The van der Waals surface area contributed by atoms with Crippen LogP contribution in [0.3, 0.4) is 0 Å². The average Bonchev–Trinajstić information content (AvgIpc) is 2.60. The van der Waals surface area contributed by atoms with E-state index < -0.39 is 0 Å². The molecule has 0 aliphatic carbocycles. The third-order valence-electron chi connectivity index (χ3n) is 2.94. The standard InChI is InChI=1S/C12H22BrN3/c1-5-6-16-12(11(13)8-15-16)9(2)7-10(3)14-4/h8-10,14H,5-7H2,1-4H3. The Morgan fingerprint density at radius 2 is 2.19 bits per heavy atom.